The summed E-state index contributed by atoms with van der Waals surface area (Å²) in [5, 5.41) is 4.12. The number of likely N-dealkylation sites (N-methyl/N-ethyl adjacent to an activating group) is 2. The van der Waals surface area contributed by atoms with Crippen LogP contribution < -0.4 is 5.73 Å². The highest BCUT2D eigenvalue weighted by molar-refractivity contribution is 5.02. The third-order valence-electron chi connectivity index (χ3n) is 3.81. The van der Waals surface area contributed by atoms with E-state index in [0.717, 1.165) is 25.5 Å². The first-order chi connectivity index (χ1) is 8.79. The van der Waals surface area contributed by atoms with Crippen molar-refractivity contribution in [3.8, 4) is 0 Å². The van der Waals surface area contributed by atoms with Crippen molar-refractivity contribution in [1.82, 2.24) is 19.9 Å². The Morgan fingerprint density at radius 1 is 1.32 bits per heavy atom. The van der Waals surface area contributed by atoms with Gasteiger partial charge in [-0.05, 0) is 19.5 Å². The first-order valence-electron chi connectivity index (χ1n) is 6.77. The molecule has 1 saturated heterocycles. The number of hydrogen-bond acceptors (Lipinski definition) is 6. The predicted molar refractivity (Wildman–Crippen MR) is 73.5 cm³/mol. The maximum absolute atomic E-state index is 6.16. The minimum absolute atomic E-state index is 0.0843. The van der Waals surface area contributed by atoms with Gasteiger partial charge in [-0.3, -0.25) is 4.90 Å². The summed E-state index contributed by atoms with van der Waals surface area (Å²) in [5.41, 5.74) is 6.07. The Morgan fingerprint density at radius 2 is 2.00 bits per heavy atom. The highest BCUT2D eigenvalue weighted by atomic mass is 16.5. The van der Waals surface area contributed by atoms with Gasteiger partial charge in [-0.1, -0.05) is 25.9 Å². The second kappa shape index (κ2) is 5.19. The largest absolute Gasteiger partial charge is 0.338 e. The van der Waals surface area contributed by atoms with Gasteiger partial charge in [0.25, 0.3) is 0 Å². The van der Waals surface area contributed by atoms with Crippen LogP contribution in [0.15, 0.2) is 4.52 Å². The van der Waals surface area contributed by atoms with Crippen molar-refractivity contribution in [2.75, 3.05) is 33.7 Å². The summed E-state index contributed by atoms with van der Waals surface area (Å²) >= 11 is 0. The molecule has 19 heavy (non-hydrogen) atoms. The van der Waals surface area contributed by atoms with E-state index < -0.39 is 0 Å². The third-order valence-corrected chi connectivity index (χ3v) is 3.81. The molecule has 0 radical (unpaired) electrons. The van der Waals surface area contributed by atoms with E-state index in [2.05, 4.69) is 54.8 Å². The van der Waals surface area contributed by atoms with Crippen LogP contribution >= 0.6 is 0 Å². The van der Waals surface area contributed by atoms with Crippen LogP contribution in [0.2, 0.25) is 0 Å². The lowest BCUT2D eigenvalue weighted by atomic mass is 9.87. The first-order valence-corrected chi connectivity index (χ1v) is 6.77. The Morgan fingerprint density at radius 3 is 2.63 bits per heavy atom. The maximum atomic E-state index is 6.16. The standard InChI is InChI=1S/C13H25N5O/c1-13(2,3)10(14)12-15-11(16-19-12)9-8-17(4)6-7-18(9)5/h9-10H,6-8,14H2,1-5H3. The SMILES string of the molecule is CN1CCN(C)C(c2noc(C(N)C(C)(C)C)n2)C1. The molecular weight excluding hydrogens is 242 g/mol. The average Bonchev–Trinajstić information content (AvgIpc) is 2.79. The summed E-state index contributed by atoms with van der Waals surface area (Å²) < 4.78 is 5.36. The van der Waals surface area contributed by atoms with E-state index in [0.29, 0.717) is 5.89 Å². The van der Waals surface area contributed by atoms with E-state index in [1.807, 2.05) is 0 Å². The fourth-order valence-corrected chi connectivity index (χ4v) is 2.17. The van der Waals surface area contributed by atoms with Gasteiger partial charge in [0.05, 0.1) is 12.1 Å². The van der Waals surface area contributed by atoms with Crippen molar-refractivity contribution in [3.63, 3.8) is 0 Å². The zero-order chi connectivity index (χ0) is 14.2. The molecule has 1 aromatic rings. The molecule has 0 aromatic carbocycles. The van der Waals surface area contributed by atoms with Crippen LogP contribution in [0.1, 0.15) is 44.6 Å². The number of nitrogens with zero attached hydrogens (tertiary/aromatic N) is 4. The molecule has 6 heteroatoms. The second-order valence-corrected chi connectivity index (χ2v) is 6.59. The average molecular weight is 267 g/mol. The summed E-state index contributed by atoms with van der Waals surface area (Å²) in [5.74, 6) is 1.27. The summed E-state index contributed by atoms with van der Waals surface area (Å²) in [7, 11) is 4.21. The highest BCUT2D eigenvalue weighted by Crippen LogP contribution is 2.30. The van der Waals surface area contributed by atoms with Gasteiger partial charge in [-0.15, -0.1) is 0 Å². The Kier molecular flexibility index (Phi) is 3.94. The molecule has 0 amide bonds. The van der Waals surface area contributed by atoms with Crippen molar-refractivity contribution in [3.05, 3.63) is 11.7 Å². The molecule has 2 N–H and O–H groups in total. The monoisotopic (exact) mass is 267 g/mol. The molecule has 0 spiro atoms. The lowest BCUT2D eigenvalue weighted by molar-refractivity contribution is 0.108. The lowest BCUT2D eigenvalue weighted by Gasteiger charge is -2.35. The van der Waals surface area contributed by atoms with Gasteiger partial charge < -0.3 is 15.2 Å². The topological polar surface area (TPSA) is 71.4 Å². The first kappa shape index (κ1) is 14.4. The molecule has 108 valence electrons. The summed E-state index contributed by atoms with van der Waals surface area (Å²) in [6.07, 6.45) is 0. The summed E-state index contributed by atoms with van der Waals surface area (Å²) in [4.78, 5) is 9.06. The van der Waals surface area contributed by atoms with Gasteiger partial charge in [-0.25, -0.2) is 0 Å². The quantitative estimate of drug-likeness (QED) is 0.863. The number of hydrogen-bond donors (Lipinski definition) is 1. The molecule has 0 bridgehead atoms. The zero-order valence-corrected chi connectivity index (χ0v) is 12.6. The van der Waals surface area contributed by atoms with Gasteiger partial charge in [-0.2, -0.15) is 4.98 Å². The Bertz CT molecular complexity index is 425. The molecule has 6 nitrogen and oxygen atoms in total. The molecular formula is C13H25N5O. The van der Waals surface area contributed by atoms with E-state index in [-0.39, 0.29) is 17.5 Å². The molecule has 1 aliphatic heterocycles. The number of rotatable bonds is 2. The van der Waals surface area contributed by atoms with Crippen LogP contribution in [0.5, 0.6) is 0 Å². The summed E-state index contributed by atoms with van der Waals surface area (Å²) in [6, 6.07) is -0.0520. The van der Waals surface area contributed by atoms with Crippen molar-refractivity contribution in [1.29, 1.82) is 0 Å². The fourth-order valence-electron chi connectivity index (χ4n) is 2.17. The van der Waals surface area contributed by atoms with Crippen molar-refractivity contribution in [2.45, 2.75) is 32.9 Å². The molecule has 1 fully saturated rings. The van der Waals surface area contributed by atoms with Gasteiger partial charge >= 0.3 is 0 Å². The normalized spacial score (nSPS) is 24.6. The smallest absolute Gasteiger partial charge is 0.244 e. The molecule has 2 heterocycles. The lowest BCUT2D eigenvalue weighted by Crippen LogP contribution is -2.45. The van der Waals surface area contributed by atoms with E-state index in [1.165, 1.54) is 0 Å². The van der Waals surface area contributed by atoms with E-state index >= 15 is 0 Å². The van der Waals surface area contributed by atoms with E-state index in [4.69, 9.17) is 10.3 Å². The number of piperazine rings is 1. The van der Waals surface area contributed by atoms with Gasteiger partial charge in [0, 0.05) is 19.6 Å². The molecule has 1 aromatic heterocycles. The highest BCUT2D eigenvalue weighted by Gasteiger charge is 2.31. The van der Waals surface area contributed by atoms with Crippen LogP contribution in [0.3, 0.4) is 0 Å². The van der Waals surface area contributed by atoms with E-state index in [9.17, 15) is 0 Å². The number of aromatic nitrogens is 2. The third kappa shape index (κ3) is 3.13. The summed E-state index contributed by atoms with van der Waals surface area (Å²) in [6.45, 7) is 9.21. The van der Waals surface area contributed by atoms with Crippen LogP contribution in [0.4, 0.5) is 0 Å². The van der Waals surface area contributed by atoms with Gasteiger partial charge in [0.15, 0.2) is 5.82 Å². The Labute approximate surface area is 114 Å². The van der Waals surface area contributed by atoms with Crippen molar-refractivity contribution < 1.29 is 4.52 Å². The van der Waals surface area contributed by atoms with Crippen molar-refractivity contribution in [2.24, 2.45) is 11.1 Å². The van der Waals surface area contributed by atoms with Gasteiger partial charge in [0.2, 0.25) is 5.89 Å². The molecule has 2 atom stereocenters. The maximum Gasteiger partial charge on any atom is 0.244 e. The second-order valence-electron chi connectivity index (χ2n) is 6.59. The van der Waals surface area contributed by atoms with E-state index in [1.54, 1.807) is 0 Å². The Hall–Kier alpha value is -0.980. The number of nitrogens with two attached hydrogens (primary N) is 1. The Balaban J connectivity index is 2.16. The van der Waals surface area contributed by atoms with Crippen molar-refractivity contribution >= 4 is 0 Å². The fraction of sp³-hybridized carbons (Fsp3) is 0.846. The van der Waals surface area contributed by atoms with Crippen LogP contribution in [-0.2, 0) is 0 Å². The van der Waals surface area contributed by atoms with Gasteiger partial charge in [0.1, 0.15) is 0 Å². The molecule has 0 saturated carbocycles. The minimum atomic E-state index is -0.236. The zero-order valence-electron chi connectivity index (χ0n) is 12.6. The molecule has 2 unspecified atom stereocenters. The molecule has 1 aliphatic rings. The molecule has 2 rings (SSSR count). The van der Waals surface area contributed by atoms with Crippen LogP contribution in [-0.4, -0.2) is 53.7 Å². The predicted octanol–water partition coefficient (Wildman–Crippen LogP) is 1.03. The van der Waals surface area contributed by atoms with Crippen LogP contribution in [0, 0.1) is 5.41 Å². The molecule has 0 aliphatic carbocycles. The minimum Gasteiger partial charge on any atom is -0.338 e. The van der Waals surface area contributed by atoms with Crippen LogP contribution in [0.25, 0.3) is 0 Å².